The molecule has 0 radical (unpaired) electrons. The third kappa shape index (κ3) is 3.17. The van der Waals surface area contributed by atoms with Gasteiger partial charge in [-0.05, 0) is 23.8 Å². The molecule has 0 saturated carbocycles. The molecular formula is C18H19N3O. The zero-order valence-corrected chi connectivity index (χ0v) is 12.8. The summed E-state index contributed by atoms with van der Waals surface area (Å²) in [7, 11) is 0. The summed E-state index contributed by atoms with van der Waals surface area (Å²) in [5, 5.41) is 2.93. The number of hydrogen-bond donors (Lipinski definition) is 2. The number of carbonyl (C=O) groups is 1. The van der Waals surface area contributed by atoms with Crippen LogP contribution in [0, 0.1) is 0 Å². The second kappa shape index (κ2) is 6.02. The Morgan fingerprint density at radius 2 is 1.95 bits per heavy atom. The van der Waals surface area contributed by atoms with Crippen LogP contribution >= 0.6 is 0 Å². The lowest BCUT2D eigenvalue weighted by atomic mass is 10.1. The molecule has 2 aromatic carbocycles. The predicted octanol–water partition coefficient (Wildman–Crippen LogP) is 3.87. The largest absolute Gasteiger partial charge is 0.342 e. The number of hydrogen-bond acceptors (Lipinski definition) is 2. The standard InChI is InChI=1S/C18H19N3O/c1-12(2)18-20-15-9-8-14(11-16(15)21-18)19-17(22)10-13-6-4-3-5-7-13/h3-9,11-12H,10H2,1-2H3,(H,19,22)(H,20,21). The highest BCUT2D eigenvalue weighted by atomic mass is 16.1. The highest BCUT2D eigenvalue weighted by Gasteiger charge is 2.08. The molecule has 2 N–H and O–H groups in total. The van der Waals surface area contributed by atoms with Crippen molar-refractivity contribution < 1.29 is 4.79 Å². The number of nitrogens with one attached hydrogen (secondary N) is 2. The van der Waals surface area contributed by atoms with Gasteiger partial charge in [-0.25, -0.2) is 4.98 Å². The molecule has 4 nitrogen and oxygen atoms in total. The lowest BCUT2D eigenvalue weighted by molar-refractivity contribution is -0.115. The number of rotatable bonds is 4. The van der Waals surface area contributed by atoms with Crippen molar-refractivity contribution >= 4 is 22.6 Å². The number of anilines is 1. The monoisotopic (exact) mass is 293 g/mol. The van der Waals surface area contributed by atoms with Crippen molar-refractivity contribution in [2.45, 2.75) is 26.2 Å². The van der Waals surface area contributed by atoms with Crippen LogP contribution < -0.4 is 5.32 Å². The molecule has 0 unspecified atom stereocenters. The first kappa shape index (κ1) is 14.3. The van der Waals surface area contributed by atoms with Crippen LogP contribution in [0.2, 0.25) is 0 Å². The first-order valence-electron chi connectivity index (χ1n) is 7.45. The lowest BCUT2D eigenvalue weighted by Gasteiger charge is -2.05. The van der Waals surface area contributed by atoms with Crippen molar-refractivity contribution in [1.29, 1.82) is 0 Å². The van der Waals surface area contributed by atoms with Gasteiger partial charge in [0, 0.05) is 11.6 Å². The van der Waals surface area contributed by atoms with E-state index in [1.807, 2.05) is 48.5 Å². The summed E-state index contributed by atoms with van der Waals surface area (Å²) in [6.45, 7) is 4.19. The van der Waals surface area contributed by atoms with Gasteiger partial charge >= 0.3 is 0 Å². The van der Waals surface area contributed by atoms with Crippen LogP contribution in [0.25, 0.3) is 11.0 Å². The Morgan fingerprint density at radius 1 is 1.18 bits per heavy atom. The Hall–Kier alpha value is -2.62. The van der Waals surface area contributed by atoms with Crippen molar-refractivity contribution in [2.24, 2.45) is 0 Å². The molecule has 3 rings (SSSR count). The first-order chi connectivity index (χ1) is 10.6. The van der Waals surface area contributed by atoms with Crippen molar-refractivity contribution in [2.75, 3.05) is 5.32 Å². The summed E-state index contributed by atoms with van der Waals surface area (Å²) < 4.78 is 0. The van der Waals surface area contributed by atoms with Crippen LogP contribution in [-0.4, -0.2) is 15.9 Å². The predicted molar refractivity (Wildman–Crippen MR) is 89.0 cm³/mol. The van der Waals surface area contributed by atoms with E-state index < -0.39 is 0 Å². The van der Waals surface area contributed by atoms with Gasteiger partial charge in [-0.1, -0.05) is 44.2 Å². The smallest absolute Gasteiger partial charge is 0.228 e. The average molecular weight is 293 g/mol. The summed E-state index contributed by atoms with van der Waals surface area (Å²) in [4.78, 5) is 19.9. The van der Waals surface area contributed by atoms with E-state index in [4.69, 9.17) is 0 Å². The number of nitrogens with zero attached hydrogens (tertiary/aromatic N) is 1. The maximum absolute atomic E-state index is 12.1. The third-order valence-corrected chi connectivity index (χ3v) is 3.54. The van der Waals surface area contributed by atoms with Crippen LogP contribution in [0.4, 0.5) is 5.69 Å². The minimum Gasteiger partial charge on any atom is -0.342 e. The summed E-state index contributed by atoms with van der Waals surface area (Å²) in [5.41, 5.74) is 3.66. The zero-order chi connectivity index (χ0) is 15.5. The van der Waals surface area contributed by atoms with E-state index in [0.717, 1.165) is 28.1 Å². The fourth-order valence-electron chi connectivity index (χ4n) is 2.37. The second-order valence-corrected chi connectivity index (χ2v) is 5.72. The maximum Gasteiger partial charge on any atom is 0.228 e. The Morgan fingerprint density at radius 3 is 2.68 bits per heavy atom. The van der Waals surface area contributed by atoms with E-state index in [0.29, 0.717) is 12.3 Å². The summed E-state index contributed by atoms with van der Waals surface area (Å²) >= 11 is 0. The molecule has 1 aromatic heterocycles. The average Bonchev–Trinajstić information content (AvgIpc) is 2.91. The molecule has 0 aliphatic rings. The first-order valence-corrected chi connectivity index (χ1v) is 7.45. The Bertz CT molecular complexity index is 790. The van der Waals surface area contributed by atoms with Gasteiger partial charge in [0.1, 0.15) is 5.82 Å². The third-order valence-electron chi connectivity index (χ3n) is 3.54. The molecule has 22 heavy (non-hydrogen) atoms. The fourth-order valence-corrected chi connectivity index (χ4v) is 2.37. The van der Waals surface area contributed by atoms with Gasteiger partial charge in [-0.15, -0.1) is 0 Å². The highest BCUT2D eigenvalue weighted by molar-refractivity contribution is 5.94. The molecule has 0 saturated heterocycles. The summed E-state index contributed by atoms with van der Waals surface area (Å²) in [5.74, 6) is 1.29. The van der Waals surface area contributed by atoms with Crippen LogP contribution in [0.15, 0.2) is 48.5 Å². The van der Waals surface area contributed by atoms with Crippen molar-refractivity contribution in [3.8, 4) is 0 Å². The SMILES string of the molecule is CC(C)c1nc2ccc(NC(=O)Cc3ccccc3)cc2[nH]1. The number of H-pyrrole nitrogens is 1. The summed E-state index contributed by atoms with van der Waals surface area (Å²) in [6.07, 6.45) is 0.374. The van der Waals surface area contributed by atoms with E-state index in [9.17, 15) is 4.79 Å². The van der Waals surface area contributed by atoms with E-state index in [-0.39, 0.29) is 5.91 Å². The molecule has 0 spiro atoms. The molecule has 4 heteroatoms. The van der Waals surface area contributed by atoms with Gasteiger partial charge < -0.3 is 10.3 Å². The molecular weight excluding hydrogens is 274 g/mol. The zero-order valence-electron chi connectivity index (χ0n) is 12.8. The van der Waals surface area contributed by atoms with Gasteiger partial charge in [-0.2, -0.15) is 0 Å². The van der Waals surface area contributed by atoms with E-state index in [2.05, 4.69) is 29.1 Å². The van der Waals surface area contributed by atoms with Gasteiger partial charge in [0.15, 0.2) is 0 Å². The van der Waals surface area contributed by atoms with Crippen molar-refractivity contribution in [1.82, 2.24) is 9.97 Å². The normalized spacial score (nSPS) is 11.0. The second-order valence-electron chi connectivity index (χ2n) is 5.72. The van der Waals surface area contributed by atoms with Gasteiger partial charge in [-0.3, -0.25) is 4.79 Å². The topological polar surface area (TPSA) is 57.8 Å². The Labute approximate surface area is 129 Å². The quantitative estimate of drug-likeness (QED) is 0.767. The number of fused-ring (bicyclic) bond motifs is 1. The van der Waals surface area contributed by atoms with E-state index in [1.54, 1.807) is 0 Å². The number of benzene rings is 2. The number of carbonyl (C=O) groups excluding carboxylic acids is 1. The van der Waals surface area contributed by atoms with Gasteiger partial charge in [0.2, 0.25) is 5.91 Å². The fraction of sp³-hybridized carbons (Fsp3) is 0.222. The Balaban J connectivity index is 1.74. The van der Waals surface area contributed by atoms with Crippen molar-refractivity contribution in [3.05, 3.63) is 59.9 Å². The number of aromatic amines is 1. The molecule has 1 heterocycles. The van der Waals surface area contributed by atoms with E-state index >= 15 is 0 Å². The van der Waals surface area contributed by atoms with Gasteiger partial charge in [0.05, 0.1) is 17.5 Å². The minimum atomic E-state index is -0.0193. The number of amides is 1. The molecule has 1 amide bonds. The van der Waals surface area contributed by atoms with Crippen LogP contribution in [0.5, 0.6) is 0 Å². The van der Waals surface area contributed by atoms with Crippen LogP contribution in [-0.2, 0) is 11.2 Å². The number of imidazole rings is 1. The Kier molecular flexibility index (Phi) is 3.92. The molecule has 0 bridgehead atoms. The van der Waals surface area contributed by atoms with Gasteiger partial charge in [0.25, 0.3) is 0 Å². The van der Waals surface area contributed by atoms with Crippen LogP contribution in [0.1, 0.15) is 31.2 Å². The van der Waals surface area contributed by atoms with E-state index in [1.165, 1.54) is 0 Å². The van der Waals surface area contributed by atoms with Crippen LogP contribution in [0.3, 0.4) is 0 Å². The maximum atomic E-state index is 12.1. The molecule has 0 atom stereocenters. The molecule has 3 aromatic rings. The van der Waals surface area contributed by atoms with Crippen molar-refractivity contribution in [3.63, 3.8) is 0 Å². The molecule has 112 valence electrons. The molecule has 0 fully saturated rings. The lowest BCUT2D eigenvalue weighted by Crippen LogP contribution is -2.14. The highest BCUT2D eigenvalue weighted by Crippen LogP contribution is 2.20. The summed E-state index contributed by atoms with van der Waals surface area (Å²) in [6, 6.07) is 15.5. The molecule has 0 aliphatic carbocycles. The number of aromatic nitrogens is 2. The minimum absolute atomic E-state index is 0.0193. The molecule has 0 aliphatic heterocycles.